The van der Waals surface area contributed by atoms with Gasteiger partial charge in [0.05, 0.1) is 12.7 Å². The van der Waals surface area contributed by atoms with Crippen LogP contribution in [0.25, 0.3) is 0 Å². The summed E-state index contributed by atoms with van der Waals surface area (Å²) in [5.74, 6) is 0.342. The highest BCUT2D eigenvalue weighted by Gasteiger charge is 2.46. The van der Waals surface area contributed by atoms with E-state index in [4.69, 9.17) is 9.47 Å². The maximum Gasteiger partial charge on any atom is 0.407 e. The van der Waals surface area contributed by atoms with Gasteiger partial charge in [0.1, 0.15) is 11.4 Å². The molecule has 0 aromatic heterocycles. The Morgan fingerprint density at radius 3 is 2.63 bits per heavy atom. The van der Waals surface area contributed by atoms with E-state index in [2.05, 4.69) is 5.32 Å². The minimum atomic E-state index is -0.478. The lowest BCUT2D eigenvalue weighted by atomic mass is 9.64. The number of amides is 1. The third-order valence-electron chi connectivity index (χ3n) is 3.64. The van der Waals surface area contributed by atoms with Crippen molar-refractivity contribution in [3.63, 3.8) is 0 Å². The molecule has 1 amide bonds. The fourth-order valence-corrected chi connectivity index (χ4v) is 2.65. The SMILES string of the molecule is CC(C)(C)OC(=O)NCC1CCC2(CO1)CC(=O)C2. The molecule has 0 radical (unpaired) electrons. The minimum Gasteiger partial charge on any atom is -0.444 e. The van der Waals surface area contributed by atoms with Crippen molar-refractivity contribution in [1.82, 2.24) is 5.32 Å². The van der Waals surface area contributed by atoms with E-state index in [1.54, 1.807) is 0 Å². The van der Waals surface area contributed by atoms with Crippen molar-refractivity contribution >= 4 is 11.9 Å². The number of carbonyl (C=O) groups excluding carboxylic acids is 2. The standard InChI is InChI=1S/C14H23NO4/c1-13(2,3)19-12(17)15-8-11-4-5-14(9-18-11)6-10(16)7-14/h11H,4-9H2,1-3H3,(H,15,17). The molecule has 1 heterocycles. The summed E-state index contributed by atoms with van der Waals surface area (Å²) in [5.41, 5.74) is -0.368. The Bertz CT molecular complexity index is 354. The van der Waals surface area contributed by atoms with E-state index in [0.717, 1.165) is 12.8 Å². The zero-order valence-electron chi connectivity index (χ0n) is 12.0. The smallest absolute Gasteiger partial charge is 0.407 e. The van der Waals surface area contributed by atoms with Crippen molar-refractivity contribution in [3.8, 4) is 0 Å². The summed E-state index contributed by atoms with van der Waals surface area (Å²) in [6, 6.07) is 0. The Morgan fingerprint density at radius 1 is 1.47 bits per heavy atom. The Balaban J connectivity index is 1.66. The normalized spacial score (nSPS) is 25.8. The van der Waals surface area contributed by atoms with Crippen LogP contribution in [0.2, 0.25) is 0 Å². The van der Waals surface area contributed by atoms with Crippen LogP contribution in [0, 0.1) is 5.41 Å². The highest BCUT2D eigenvalue weighted by molar-refractivity contribution is 5.86. The van der Waals surface area contributed by atoms with Crippen molar-refractivity contribution in [3.05, 3.63) is 0 Å². The summed E-state index contributed by atoms with van der Waals surface area (Å²) in [7, 11) is 0. The lowest BCUT2D eigenvalue weighted by molar-refractivity contribution is -0.147. The van der Waals surface area contributed by atoms with E-state index in [-0.39, 0.29) is 11.5 Å². The second kappa shape index (κ2) is 5.12. The number of Topliss-reactive ketones (excluding diaryl/α,β-unsaturated/α-hetero) is 1. The van der Waals surface area contributed by atoms with Gasteiger partial charge in [0.2, 0.25) is 0 Å². The quantitative estimate of drug-likeness (QED) is 0.833. The molecule has 19 heavy (non-hydrogen) atoms. The average molecular weight is 269 g/mol. The van der Waals surface area contributed by atoms with Gasteiger partial charge in [0.25, 0.3) is 0 Å². The molecule has 1 saturated carbocycles. The van der Waals surface area contributed by atoms with Crippen LogP contribution in [0.3, 0.4) is 0 Å². The predicted molar refractivity (Wildman–Crippen MR) is 69.9 cm³/mol. The van der Waals surface area contributed by atoms with Crippen LogP contribution in [0.1, 0.15) is 46.5 Å². The summed E-state index contributed by atoms with van der Waals surface area (Å²) in [6.45, 7) is 6.61. The molecule has 2 fully saturated rings. The zero-order valence-corrected chi connectivity index (χ0v) is 12.0. The molecule has 1 spiro atoms. The molecular formula is C14H23NO4. The number of alkyl carbamates (subject to hydrolysis) is 1. The van der Waals surface area contributed by atoms with E-state index in [1.165, 1.54) is 0 Å². The summed E-state index contributed by atoms with van der Waals surface area (Å²) in [4.78, 5) is 22.6. The van der Waals surface area contributed by atoms with Crippen LogP contribution in [0.4, 0.5) is 4.79 Å². The van der Waals surface area contributed by atoms with Crippen molar-refractivity contribution in [1.29, 1.82) is 0 Å². The zero-order chi connectivity index (χ0) is 14.1. The molecule has 1 aliphatic heterocycles. The molecule has 1 aliphatic carbocycles. The third-order valence-corrected chi connectivity index (χ3v) is 3.64. The van der Waals surface area contributed by atoms with Gasteiger partial charge in [-0.15, -0.1) is 0 Å². The molecule has 1 N–H and O–H groups in total. The van der Waals surface area contributed by atoms with Gasteiger partial charge >= 0.3 is 6.09 Å². The van der Waals surface area contributed by atoms with E-state index >= 15 is 0 Å². The van der Waals surface area contributed by atoms with Gasteiger partial charge in [-0.25, -0.2) is 4.79 Å². The molecule has 5 heteroatoms. The van der Waals surface area contributed by atoms with E-state index in [1.807, 2.05) is 20.8 Å². The molecular weight excluding hydrogens is 246 g/mol. The Morgan fingerprint density at radius 2 is 2.16 bits per heavy atom. The van der Waals surface area contributed by atoms with Crippen LogP contribution < -0.4 is 5.32 Å². The molecule has 2 aliphatic rings. The highest BCUT2D eigenvalue weighted by Crippen LogP contribution is 2.45. The van der Waals surface area contributed by atoms with Gasteiger partial charge in [-0.3, -0.25) is 4.79 Å². The second-order valence-corrected chi connectivity index (χ2v) is 6.75. The molecule has 1 unspecified atom stereocenters. The number of hydrogen-bond donors (Lipinski definition) is 1. The molecule has 108 valence electrons. The maximum atomic E-state index is 11.5. The Kier molecular flexibility index (Phi) is 3.85. The van der Waals surface area contributed by atoms with Crippen molar-refractivity contribution in [2.24, 2.45) is 5.41 Å². The van der Waals surface area contributed by atoms with Gasteiger partial charge in [0.15, 0.2) is 0 Å². The van der Waals surface area contributed by atoms with E-state index in [9.17, 15) is 9.59 Å². The second-order valence-electron chi connectivity index (χ2n) is 6.75. The van der Waals surface area contributed by atoms with Crippen molar-refractivity contribution < 1.29 is 19.1 Å². The first-order chi connectivity index (χ1) is 8.78. The molecule has 0 bridgehead atoms. The highest BCUT2D eigenvalue weighted by atomic mass is 16.6. The average Bonchev–Trinajstić information content (AvgIpc) is 2.24. The van der Waals surface area contributed by atoms with Gasteiger partial charge in [-0.1, -0.05) is 0 Å². The number of ether oxygens (including phenoxy) is 2. The fraction of sp³-hybridized carbons (Fsp3) is 0.857. The Hall–Kier alpha value is -1.10. The monoisotopic (exact) mass is 269 g/mol. The molecule has 0 aromatic carbocycles. The molecule has 2 rings (SSSR count). The van der Waals surface area contributed by atoms with Crippen molar-refractivity contribution in [2.75, 3.05) is 13.2 Å². The maximum absolute atomic E-state index is 11.5. The number of ketones is 1. The topological polar surface area (TPSA) is 64.6 Å². The number of rotatable bonds is 2. The first-order valence-electron chi connectivity index (χ1n) is 6.88. The minimum absolute atomic E-state index is 0.0360. The summed E-state index contributed by atoms with van der Waals surface area (Å²) < 4.78 is 10.9. The summed E-state index contributed by atoms with van der Waals surface area (Å²) in [6.07, 6.45) is 2.87. The first kappa shape index (κ1) is 14.3. The number of carbonyl (C=O) groups is 2. The fourth-order valence-electron chi connectivity index (χ4n) is 2.65. The van der Waals surface area contributed by atoms with Gasteiger partial charge in [-0.05, 0) is 33.6 Å². The van der Waals surface area contributed by atoms with Crippen LogP contribution in [0.5, 0.6) is 0 Å². The first-order valence-corrected chi connectivity index (χ1v) is 6.88. The molecule has 0 aromatic rings. The predicted octanol–water partition coefficient (Wildman–Crippen LogP) is 2.04. The molecule has 1 atom stereocenters. The lowest BCUT2D eigenvalue weighted by Gasteiger charge is -2.45. The van der Waals surface area contributed by atoms with Crippen LogP contribution in [0.15, 0.2) is 0 Å². The van der Waals surface area contributed by atoms with E-state index < -0.39 is 11.7 Å². The third kappa shape index (κ3) is 3.93. The van der Waals surface area contributed by atoms with Crippen LogP contribution >= 0.6 is 0 Å². The number of hydrogen-bond acceptors (Lipinski definition) is 4. The van der Waals surface area contributed by atoms with E-state index in [0.29, 0.717) is 31.8 Å². The van der Waals surface area contributed by atoms with Crippen molar-refractivity contribution in [2.45, 2.75) is 58.2 Å². The van der Waals surface area contributed by atoms with Gasteiger partial charge < -0.3 is 14.8 Å². The van der Waals surface area contributed by atoms with Gasteiger partial charge in [0, 0.05) is 24.8 Å². The van der Waals surface area contributed by atoms with Crippen LogP contribution in [-0.4, -0.2) is 36.7 Å². The lowest BCUT2D eigenvalue weighted by Crippen LogP contribution is -2.48. The molecule has 5 nitrogen and oxygen atoms in total. The Labute approximate surface area is 114 Å². The largest absolute Gasteiger partial charge is 0.444 e. The van der Waals surface area contributed by atoms with Crippen LogP contribution in [-0.2, 0) is 14.3 Å². The summed E-state index contributed by atoms with van der Waals surface area (Å²) in [5, 5.41) is 2.73. The summed E-state index contributed by atoms with van der Waals surface area (Å²) >= 11 is 0. The molecule has 1 saturated heterocycles. The van der Waals surface area contributed by atoms with Gasteiger partial charge in [-0.2, -0.15) is 0 Å². The number of nitrogens with one attached hydrogen (secondary N) is 1.